The summed E-state index contributed by atoms with van der Waals surface area (Å²) in [5, 5.41) is 3.97. The fourth-order valence-electron chi connectivity index (χ4n) is 3.23. The smallest absolute Gasteiger partial charge is 0.258 e. The monoisotopic (exact) mass is 374 g/mol. The lowest BCUT2D eigenvalue weighted by Gasteiger charge is -2.16. The zero-order chi connectivity index (χ0) is 17.9. The van der Waals surface area contributed by atoms with Gasteiger partial charge in [-0.15, -0.1) is 12.4 Å². The molecular weight excluding hydrogens is 356 g/mol. The maximum atomic E-state index is 13.1. The average molecular weight is 375 g/mol. The predicted octanol–water partition coefficient (Wildman–Crippen LogP) is 5.88. The van der Waals surface area contributed by atoms with Crippen molar-refractivity contribution in [3.63, 3.8) is 0 Å². The lowest BCUT2D eigenvalue weighted by atomic mass is 9.94. The highest BCUT2D eigenvalue weighted by Crippen LogP contribution is 2.33. The molecule has 3 nitrogen and oxygen atoms in total. The Hall–Kier alpha value is -3.17. The number of nitrogens with zero attached hydrogens (tertiary/aromatic N) is 1. The van der Waals surface area contributed by atoms with Crippen LogP contribution in [-0.4, -0.2) is 10.9 Å². The lowest BCUT2D eigenvalue weighted by molar-refractivity contribution is 0.102. The number of hydrogen-bond acceptors (Lipinski definition) is 2. The van der Waals surface area contributed by atoms with Gasteiger partial charge in [-0.2, -0.15) is 0 Å². The summed E-state index contributed by atoms with van der Waals surface area (Å²) >= 11 is 0. The van der Waals surface area contributed by atoms with Gasteiger partial charge >= 0.3 is 0 Å². The largest absolute Gasteiger partial charge is 0.322 e. The van der Waals surface area contributed by atoms with Crippen LogP contribution in [0.3, 0.4) is 0 Å². The molecule has 0 fully saturated rings. The number of nitrogens with one attached hydrogen (secondary N) is 1. The van der Waals surface area contributed by atoms with E-state index in [9.17, 15) is 4.79 Å². The summed E-state index contributed by atoms with van der Waals surface area (Å²) < 4.78 is 0. The summed E-state index contributed by atoms with van der Waals surface area (Å²) in [7, 11) is 0. The topological polar surface area (TPSA) is 42.0 Å². The highest BCUT2D eigenvalue weighted by atomic mass is 35.5. The maximum Gasteiger partial charge on any atom is 0.258 e. The summed E-state index contributed by atoms with van der Waals surface area (Å²) in [6, 6.07) is 27.4. The molecule has 27 heavy (non-hydrogen) atoms. The molecule has 0 saturated heterocycles. The van der Waals surface area contributed by atoms with Gasteiger partial charge in [0.2, 0.25) is 0 Å². The summed E-state index contributed by atoms with van der Waals surface area (Å²) in [5.41, 5.74) is 4.91. The predicted molar refractivity (Wildman–Crippen MR) is 114 cm³/mol. The van der Waals surface area contributed by atoms with Gasteiger partial charge in [0, 0.05) is 16.6 Å². The van der Waals surface area contributed by atoms with Crippen LogP contribution in [0.4, 0.5) is 5.69 Å². The molecule has 0 radical (unpaired) electrons. The van der Waals surface area contributed by atoms with Crippen molar-refractivity contribution in [3.05, 3.63) is 96.2 Å². The number of carbonyl (C=O) groups is 1. The van der Waals surface area contributed by atoms with Crippen LogP contribution in [0, 0.1) is 6.92 Å². The van der Waals surface area contributed by atoms with E-state index in [0.29, 0.717) is 5.56 Å². The van der Waals surface area contributed by atoms with E-state index in [4.69, 9.17) is 0 Å². The van der Waals surface area contributed by atoms with Crippen LogP contribution >= 0.6 is 12.4 Å². The molecule has 4 heteroatoms. The molecule has 1 N–H and O–H groups in total. The zero-order valence-corrected chi connectivity index (χ0v) is 15.7. The lowest BCUT2D eigenvalue weighted by Crippen LogP contribution is -2.16. The van der Waals surface area contributed by atoms with Gasteiger partial charge in [0.1, 0.15) is 0 Å². The molecule has 4 rings (SSSR count). The first-order valence-corrected chi connectivity index (χ1v) is 8.55. The van der Waals surface area contributed by atoms with Crippen molar-refractivity contribution in [2.45, 2.75) is 6.92 Å². The van der Waals surface area contributed by atoms with Gasteiger partial charge in [0.05, 0.1) is 16.8 Å². The molecule has 0 spiro atoms. The molecule has 0 atom stereocenters. The van der Waals surface area contributed by atoms with E-state index in [1.54, 1.807) is 0 Å². The Kier molecular flexibility index (Phi) is 5.53. The number of halogens is 1. The molecule has 1 heterocycles. The van der Waals surface area contributed by atoms with Crippen molar-refractivity contribution in [2.24, 2.45) is 0 Å². The van der Waals surface area contributed by atoms with E-state index in [1.807, 2.05) is 91.9 Å². The number of benzene rings is 3. The Morgan fingerprint density at radius 3 is 2.11 bits per heavy atom. The molecule has 0 aliphatic carbocycles. The second-order valence-electron chi connectivity index (χ2n) is 6.15. The Morgan fingerprint density at radius 1 is 0.815 bits per heavy atom. The minimum absolute atomic E-state index is 0. The van der Waals surface area contributed by atoms with E-state index in [0.717, 1.165) is 33.4 Å². The second kappa shape index (κ2) is 8.02. The third-order valence-corrected chi connectivity index (χ3v) is 4.39. The first-order chi connectivity index (χ1) is 12.7. The number of rotatable bonds is 3. The molecule has 0 aliphatic rings. The van der Waals surface area contributed by atoms with E-state index in [1.165, 1.54) is 0 Å². The Labute approximate surface area is 164 Å². The first kappa shape index (κ1) is 18.6. The number of para-hydroxylation sites is 2. The number of aryl methyl sites for hydroxylation is 1. The number of carbonyl (C=O) groups excluding carboxylic acids is 1. The van der Waals surface area contributed by atoms with E-state index >= 15 is 0 Å². The molecular formula is C23H19ClN2O. The molecule has 134 valence electrons. The minimum atomic E-state index is -0.147. The average Bonchev–Trinajstić information content (AvgIpc) is 2.68. The number of amides is 1. The van der Waals surface area contributed by atoms with Crippen molar-refractivity contribution in [1.82, 2.24) is 4.98 Å². The quantitative estimate of drug-likeness (QED) is 0.486. The van der Waals surface area contributed by atoms with Gasteiger partial charge in [-0.25, -0.2) is 0 Å². The van der Waals surface area contributed by atoms with Gasteiger partial charge in [0.25, 0.3) is 5.91 Å². The van der Waals surface area contributed by atoms with E-state index in [-0.39, 0.29) is 18.3 Å². The maximum absolute atomic E-state index is 13.1. The Balaban J connectivity index is 0.00000210. The summed E-state index contributed by atoms with van der Waals surface area (Å²) in [6.07, 6.45) is 0. The van der Waals surface area contributed by atoms with Gasteiger partial charge in [0.15, 0.2) is 0 Å². The van der Waals surface area contributed by atoms with E-state index in [2.05, 4.69) is 10.3 Å². The molecule has 4 aromatic rings. The third-order valence-electron chi connectivity index (χ3n) is 4.39. The summed E-state index contributed by atoms with van der Waals surface area (Å²) in [4.78, 5) is 17.8. The van der Waals surface area contributed by atoms with Gasteiger partial charge in [-0.3, -0.25) is 9.78 Å². The van der Waals surface area contributed by atoms with Crippen molar-refractivity contribution < 1.29 is 4.79 Å². The molecule has 1 aromatic heterocycles. The number of pyridine rings is 1. The van der Waals surface area contributed by atoms with Crippen LogP contribution in [0.15, 0.2) is 84.9 Å². The molecule has 0 bridgehead atoms. The SMILES string of the molecule is Cc1nc2ccccc2c(-c2ccccc2)c1C(=O)Nc1ccccc1.Cl. The molecule has 1 amide bonds. The van der Waals surface area contributed by atoms with Crippen LogP contribution < -0.4 is 5.32 Å². The highest BCUT2D eigenvalue weighted by Gasteiger charge is 2.20. The van der Waals surface area contributed by atoms with E-state index < -0.39 is 0 Å². The Morgan fingerprint density at radius 2 is 1.41 bits per heavy atom. The van der Waals surface area contributed by atoms with Crippen LogP contribution in [0.5, 0.6) is 0 Å². The third kappa shape index (κ3) is 3.69. The fourth-order valence-corrected chi connectivity index (χ4v) is 3.23. The number of fused-ring (bicyclic) bond motifs is 1. The van der Waals surface area contributed by atoms with Crippen molar-refractivity contribution >= 4 is 34.9 Å². The van der Waals surface area contributed by atoms with Crippen molar-refractivity contribution in [1.29, 1.82) is 0 Å². The second-order valence-corrected chi connectivity index (χ2v) is 6.15. The molecule has 0 aliphatic heterocycles. The Bertz CT molecular complexity index is 1080. The minimum Gasteiger partial charge on any atom is -0.322 e. The van der Waals surface area contributed by atoms with Crippen LogP contribution in [-0.2, 0) is 0 Å². The normalized spacial score (nSPS) is 10.3. The van der Waals surface area contributed by atoms with Crippen LogP contribution in [0.25, 0.3) is 22.0 Å². The van der Waals surface area contributed by atoms with Crippen molar-refractivity contribution in [2.75, 3.05) is 5.32 Å². The van der Waals surface area contributed by atoms with Gasteiger partial charge in [-0.1, -0.05) is 66.7 Å². The number of hydrogen-bond donors (Lipinski definition) is 1. The number of aromatic nitrogens is 1. The molecule has 0 unspecified atom stereocenters. The van der Waals surface area contributed by atoms with Crippen LogP contribution in [0.2, 0.25) is 0 Å². The molecule has 0 saturated carbocycles. The zero-order valence-electron chi connectivity index (χ0n) is 14.8. The fraction of sp³-hybridized carbons (Fsp3) is 0.0435. The summed E-state index contributed by atoms with van der Waals surface area (Å²) in [5.74, 6) is -0.147. The first-order valence-electron chi connectivity index (χ1n) is 8.55. The summed E-state index contributed by atoms with van der Waals surface area (Å²) in [6.45, 7) is 1.89. The van der Waals surface area contributed by atoms with Crippen molar-refractivity contribution in [3.8, 4) is 11.1 Å². The van der Waals surface area contributed by atoms with Gasteiger partial charge < -0.3 is 5.32 Å². The molecule has 3 aromatic carbocycles. The van der Waals surface area contributed by atoms with Gasteiger partial charge in [-0.05, 0) is 30.7 Å². The number of anilines is 1. The van der Waals surface area contributed by atoms with Crippen LogP contribution in [0.1, 0.15) is 16.1 Å². The standard InChI is InChI=1S/C23H18N2O.ClH/c1-16-21(23(26)25-18-12-6-3-7-13-18)22(17-10-4-2-5-11-17)19-14-8-9-15-20(19)24-16;/h2-15H,1H3,(H,25,26);1H. The highest BCUT2D eigenvalue weighted by molar-refractivity contribution is 6.14.